The molecule has 1 rings (SSSR count). The number of aryl methyl sites for hydroxylation is 1. The summed E-state index contributed by atoms with van der Waals surface area (Å²) in [4.78, 5) is 0. The van der Waals surface area contributed by atoms with Gasteiger partial charge in [0.25, 0.3) is 0 Å². The summed E-state index contributed by atoms with van der Waals surface area (Å²) >= 11 is 0. The van der Waals surface area contributed by atoms with Gasteiger partial charge in [-0.3, -0.25) is 4.68 Å². The molecule has 0 aliphatic heterocycles. The standard InChI is InChI=1S/C11H21N3/c1-4-7-14-9-10(8-13-14)11(12,5-2)6-3/h8-9H,4-7,12H2,1-3H3. The smallest absolute Gasteiger partial charge is 0.0540 e. The van der Waals surface area contributed by atoms with Gasteiger partial charge in [0.05, 0.1) is 6.20 Å². The maximum absolute atomic E-state index is 6.27. The first kappa shape index (κ1) is 11.2. The van der Waals surface area contributed by atoms with Crippen LogP contribution in [-0.2, 0) is 12.1 Å². The first-order chi connectivity index (χ1) is 6.66. The number of nitrogens with zero attached hydrogens (tertiary/aromatic N) is 2. The average molecular weight is 195 g/mol. The normalized spacial score (nSPS) is 12.0. The van der Waals surface area contributed by atoms with Crippen LogP contribution in [-0.4, -0.2) is 9.78 Å². The fourth-order valence-electron chi connectivity index (χ4n) is 1.63. The zero-order chi connectivity index (χ0) is 10.6. The first-order valence-corrected chi connectivity index (χ1v) is 5.48. The third-order valence-electron chi connectivity index (χ3n) is 2.92. The third kappa shape index (κ3) is 2.15. The average Bonchev–Trinajstić information content (AvgIpc) is 2.66. The van der Waals surface area contributed by atoms with E-state index in [0.717, 1.165) is 31.4 Å². The van der Waals surface area contributed by atoms with Gasteiger partial charge in [-0.1, -0.05) is 20.8 Å². The Morgan fingerprint density at radius 2 is 2.00 bits per heavy atom. The van der Waals surface area contributed by atoms with Gasteiger partial charge in [-0.25, -0.2) is 0 Å². The lowest BCUT2D eigenvalue weighted by Crippen LogP contribution is -2.34. The summed E-state index contributed by atoms with van der Waals surface area (Å²) in [5.74, 6) is 0. The van der Waals surface area contributed by atoms with Crippen molar-refractivity contribution in [3.8, 4) is 0 Å². The molecule has 0 radical (unpaired) electrons. The van der Waals surface area contributed by atoms with Crippen LogP contribution in [0.5, 0.6) is 0 Å². The van der Waals surface area contributed by atoms with Gasteiger partial charge in [-0.05, 0) is 19.3 Å². The van der Waals surface area contributed by atoms with Gasteiger partial charge in [0.1, 0.15) is 0 Å². The predicted molar refractivity (Wildman–Crippen MR) is 59.0 cm³/mol. The quantitative estimate of drug-likeness (QED) is 0.783. The zero-order valence-electron chi connectivity index (χ0n) is 9.45. The Labute approximate surface area is 86.3 Å². The summed E-state index contributed by atoms with van der Waals surface area (Å²) in [5, 5.41) is 4.30. The lowest BCUT2D eigenvalue weighted by molar-refractivity contribution is 0.412. The highest BCUT2D eigenvalue weighted by atomic mass is 15.3. The molecule has 0 saturated heterocycles. The summed E-state index contributed by atoms with van der Waals surface area (Å²) in [6, 6.07) is 0. The molecule has 0 aliphatic carbocycles. The molecular weight excluding hydrogens is 174 g/mol. The van der Waals surface area contributed by atoms with E-state index in [-0.39, 0.29) is 5.54 Å². The van der Waals surface area contributed by atoms with Crippen LogP contribution in [0, 0.1) is 0 Å². The molecule has 3 heteroatoms. The Morgan fingerprint density at radius 1 is 1.36 bits per heavy atom. The fourth-order valence-corrected chi connectivity index (χ4v) is 1.63. The number of aromatic nitrogens is 2. The van der Waals surface area contributed by atoms with Crippen LogP contribution in [0.1, 0.15) is 45.6 Å². The Morgan fingerprint density at radius 3 is 2.50 bits per heavy atom. The molecule has 0 fully saturated rings. The molecule has 0 atom stereocenters. The van der Waals surface area contributed by atoms with E-state index in [0.29, 0.717) is 0 Å². The van der Waals surface area contributed by atoms with E-state index < -0.39 is 0 Å². The van der Waals surface area contributed by atoms with Crippen LogP contribution in [0.4, 0.5) is 0 Å². The van der Waals surface area contributed by atoms with Crippen LogP contribution in [0.15, 0.2) is 12.4 Å². The van der Waals surface area contributed by atoms with Gasteiger partial charge in [-0.15, -0.1) is 0 Å². The molecule has 0 spiro atoms. The topological polar surface area (TPSA) is 43.8 Å². The van der Waals surface area contributed by atoms with Crippen molar-refractivity contribution >= 4 is 0 Å². The minimum absolute atomic E-state index is 0.189. The number of hydrogen-bond donors (Lipinski definition) is 1. The van der Waals surface area contributed by atoms with Crippen LogP contribution < -0.4 is 5.73 Å². The van der Waals surface area contributed by atoms with E-state index >= 15 is 0 Å². The Bertz CT molecular complexity index is 274. The molecule has 14 heavy (non-hydrogen) atoms. The van der Waals surface area contributed by atoms with Crippen molar-refractivity contribution in [3.63, 3.8) is 0 Å². The molecule has 1 aromatic heterocycles. The van der Waals surface area contributed by atoms with Crippen molar-refractivity contribution in [1.29, 1.82) is 0 Å². The summed E-state index contributed by atoms with van der Waals surface area (Å²) in [7, 11) is 0. The summed E-state index contributed by atoms with van der Waals surface area (Å²) < 4.78 is 1.97. The molecule has 1 aromatic rings. The minimum Gasteiger partial charge on any atom is -0.321 e. The number of rotatable bonds is 5. The van der Waals surface area contributed by atoms with E-state index in [2.05, 4.69) is 32.1 Å². The summed E-state index contributed by atoms with van der Waals surface area (Å²) in [6.45, 7) is 7.38. The van der Waals surface area contributed by atoms with E-state index in [4.69, 9.17) is 5.73 Å². The van der Waals surface area contributed by atoms with E-state index in [1.54, 1.807) is 0 Å². The number of nitrogens with two attached hydrogens (primary N) is 1. The van der Waals surface area contributed by atoms with Crippen LogP contribution in [0.2, 0.25) is 0 Å². The molecule has 2 N–H and O–H groups in total. The molecule has 0 aromatic carbocycles. The van der Waals surface area contributed by atoms with Crippen LogP contribution in [0.25, 0.3) is 0 Å². The van der Waals surface area contributed by atoms with Gasteiger partial charge < -0.3 is 5.73 Å². The van der Waals surface area contributed by atoms with Crippen molar-refractivity contribution in [1.82, 2.24) is 9.78 Å². The SMILES string of the molecule is CCCn1cc(C(N)(CC)CC)cn1. The second-order valence-corrected chi connectivity index (χ2v) is 3.86. The molecule has 0 saturated carbocycles. The monoisotopic (exact) mass is 195 g/mol. The summed E-state index contributed by atoms with van der Waals surface area (Å²) in [5.41, 5.74) is 7.25. The van der Waals surface area contributed by atoms with Gasteiger partial charge in [0, 0.05) is 23.8 Å². The Balaban J connectivity index is 2.84. The molecule has 0 unspecified atom stereocenters. The second kappa shape index (κ2) is 4.60. The Hall–Kier alpha value is -0.830. The van der Waals surface area contributed by atoms with Gasteiger partial charge in [-0.2, -0.15) is 5.10 Å². The highest BCUT2D eigenvalue weighted by molar-refractivity contribution is 5.16. The molecule has 0 amide bonds. The van der Waals surface area contributed by atoms with Crippen molar-refractivity contribution in [3.05, 3.63) is 18.0 Å². The van der Waals surface area contributed by atoms with Crippen molar-refractivity contribution in [2.24, 2.45) is 5.73 Å². The molecule has 0 bridgehead atoms. The lowest BCUT2D eigenvalue weighted by atomic mass is 9.88. The first-order valence-electron chi connectivity index (χ1n) is 5.48. The number of hydrogen-bond acceptors (Lipinski definition) is 2. The van der Waals surface area contributed by atoms with E-state index in [9.17, 15) is 0 Å². The highest BCUT2D eigenvalue weighted by Gasteiger charge is 2.24. The zero-order valence-corrected chi connectivity index (χ0v) is 9.45. The second-order valence-electron chi connectivity index (χ2n) is 3.86. The molecule has 80 valence electrons. The Kier molecular flexibility index (Phi) is 3.69. The predicted octanol–water partition coefficient (Wildman–Crippen LogP) is 2.27. The van der Waals surface area contributed by atoms with Crippen molar-refractivity contribution in [2.75, 3.05) is 0 Å². The molecule has 0 aliphatic rings. The van der Waals surface area contributed by atoms with Gasteiger partial charge in [0.2, 0.25) is 0 Å². The molecule has 3 nitrogen and oxygen atoms in total. The van der Waals surface area contributed by atoms with E-state index in [1.807, 2.05) is 10.9 Å². The van der Waals surface area contributed by atoms with Gasteiger partial charge in [0.15, 0.2) is 0 Å². The van der Waals surface area contributed by atoms with E-state index in [1.165, 1.54) is 0 Å². The fraction of sp³-hybridized carbons (Fsp3) is 0.727. The largest absolute Gasteiger partial charge is 0.321 e. The van der Waals surface area contributed by atoms with Gasteiger partial charge >= 0.3 is 0 Å². The maximum Gasteiger partial charge on any atom is 0.0540 e. The van der Waals surface area contributed by atoms with Crippen LogP contribution >= 0.6 is 0 Å². The highest BCUT2D eigenvalue weighted by Crippen LogP contribution is 2.24. The van der Waals surface area contributed by atoms with Crippen molar-refractivity contribution in [2.45, 2.75) is 52.1 Å². The molecule has 1 heterocycles. The lowest BCUT2D eigenvalue weighted by Gasteiger charge is -2.24. The molecular formula is C11H21N3. The van der Waals surface area contributed by atoms with Crippen molar-refractivity contribution < 1.29 is 0 Å². The summed E-state index contributed by atoms with van der Waals surface area (Å²) in [6.07, 6.45) is 7.01. The maximum atomic E-state index is 6.27. The third-order valence-corrected chi connectivity index (χ3v) is 2.92. The van der Waals surface area contributed by atoms with Crippen LogP contribution in [0.3, 0.4) is 0 Å². The minimum atomic E-state index is -0.189.